The summed E-state index contributed by atoms with van der Waals surface area (Å²) in [5.41, 5.74) is 5.70. The summed E-state index contributed by atoms with van der Waals surface area (Å²) in [4.78, 5) is 0. The predicted molar refractivity (Wildman–Crippen MR) is 74.9 cm³/mol. The molecule has 18 heavy (non-hydrogen) atoms. The van der Waals surface area contributed by atoms with Crippen LogP contribution in [0.4, 0.5) is 0 Å². The minimum absolute atomic E-state index is 0.00287. The molecule has 2 atom stereocenters. The van der Waals surface area contributed by atoms with Crippen molar-refractivity contribution in [3.63, 3.8) is 0 Å². The van der Waals surface area contributed by atoms with Crippen LogP contribution in [0.25, 0.3) is 0 Å². The van der Waals surface area contributed by atoms with Crippen LogP contribution in [0.2, 0.25) is 0 Å². The zero-order valence-electron chi connectivity index (χ0n) is 11.7. The second-order valence-electron chi connectivity index (χ2n) is 5.48. The summed E-state index contributed by atoms with van der Waals surface area (Å²) < 4.78 is 25.5. The molecule has 0 aromatic rings. The SMILES string of the molecule is CC(C)[C@@H](CN)NC[C@H](C)N1CCCCS1(=O)=O. The van der Waals surface area contributed by atoms with E-state index in [2.05, 4.69) is 19.2 Å². The van der Waals surface area contributed by atoms with Crippen molar-refractivity contribution >= 4 is 10.0 Å². The molecule has 6 heteroatoms. The summed E-state index contributed by atoms with van der Waals surface area (Å²) in [5.74, 6) is 0.752. The first-order chi connectivity index (χ1) is 8.38. The average Bonchev–Trinajstić information content (AvgIpc) is 2.28. The molecule has 1 saturated heterocycles. The van der Waals surface area contributed by atoms with Gasteiger partial charge in [0.05, 0.1) is 5.75 Å². The number of nitrogens with one attached hydrogen (secondary N) is 1. The molecule has 1 aliphatic rings. The zero-order valence-corrected chi connectivity index (χ0v) is 12.5. The first-order valence-electron chi connectivity index (χ1n) is 6.81. The largest absolute Gasteiger partial charge is 0.329 e. The third-order valence-electron chi connectivity index (χ3n) is 3.61. The van der Waals surface area contributed by atoms with Gasteiger partial charge in [-0.2, -0.15) is 4.31 Å². The van der Waals surface area contributed by atoms with Gasteiger partial charge in [0.25, 0.3) is 0 Å². The number of hydrogen-bond acceptors (Lipinski definition) is 4. The summed E-state index contributed by atoms with van der Waals surface area (Å²) in [7, 11) is -3.04. The Hall–Kier alpha value is -0.170. The molecule has 0 radical (unpaired) electrons. The van der Waals surface area contributed by atoms with Gasteiger partial charge in [-0.15, -0.1) is 0 Å². The van der Waals surface area contributed by atoms with Gasteiger partial charge in [0.15, 0.2) is 0 Å². The van der Waals surface area contributed by atoms with Crippen LogP contribution in [0.5, 0.6) is 0 Å². The van der Waals surface area contributed by atoms with Gasteiger partial charge >= 0.3 is 0 Å². The van der Waals surface area contributed by atoms with E-state index in [-0.39, 0.29) is 12.1 Å². The first-order valence-corrected chi connectivity index (χ1v) is 8.42. The lowest BCUT2D eigenvalue weighted by Crippen LogP contribution is -2.51. The standard InChI is InChI=1S/C12H27N3O2S/c1-10(2)12(8-13)14-9-11(3)15-6-4-5-7-18(15,16)17/h10-12,14H,4-9,13H2,1-3H3/t11-,12+/m0/s1. The first kappa shape index (κ1) is 15.9. The summed E-state index contributed by atoms with van der Waals surface area (Å²) in [6.45, 7) is 8.10. The maximum atomic E-state index is 11.9. The lowest BCUT2D eigenvalue weighted by atomic mass is 10.0. The molecule has 1 fully saturated rings. The fourth-order valence-corrected chi connectivity index (χ4v) is 4.15. The van der Waals surface area contributed by atoms with E-state index in [0.717, 1.165) is 12.8 Å². The topological polar surface area (TPSA) is 75.4 Å². The summed E-state index contributed by atoms with van der Waals surface area (Å²) in [6.07, 6.45) is 1.75. The van der Waals surface area contributed by atoms with Crippen molar-refractivity contribution in [2.24, 2.45) is 11.7 Å². The van der Waals surface area contributed by atoms with E-state index >= 15 is 0 Å². The van der Waals surface area contributed by atoms with Crippen molar-refractivity contribution in [1.82, 2.24) is 9.62 Å². The molecule has 1 heterocycles. The molecule has 1 rings (SSSR count). The minimum Gasteiger partial charge on any atom is -0.329 e. The van der Waals surface area contributed by atoms with E-state index in [4.69, 9.17) is 5.73 Å². The van der Waals surface area contributed by atoms with Gasteiger partial charge in [0.1, 0.15) is 0 Å². The molecule has 0 aromatic heterocycles. The van der Waals surface area contributed by atoms with Gasteiger partial charge in [-0.25, -0.2) is 8.42 Å². The van der Waals surface area contributed by atoms with Gasteiger partial charge in [-0.1, -0.05) is 13.8 Å². The van der Waals surface area contributed by atoms with Crippen LogP contribution in [0.15, 0.2) is 0 Å². The third-order valence-corrected chi connectivity index (χ3v) is 5.68. The van der Waals surface area contributed by atoms with E-state index in [9.17, 15) is 8.42 Å². The maximum Gasteiger partial charge on any atom is 0.214 e. The summed E-state index contributed by atoms with van der Waals surface area (Å²) in [5, 5.41) is 3.37. The molecule has 108 valence electrons. The van der Waals surface area contributed by atoms with Crippen molar-refractivity contribution in [3.05, 3.63) is 0 Å². The van der Waals surface area contributed by atoms with Crippen molar-refractivity contribution in [3.8, 4) is 0 Å². The van der Waals surface area contributed by atoms with E-state index < -0.39 is 10.0 Å². The Bertz CT molecular complexity index is 343. The molecule has 0 aliphatic carbocycles. The molecule has 0 unspecified atom stereocenters. The van der Waals surface area contributed by atoms with Crippen molar-refractivity contribution in [2.75, 3.05) is 25.4 Å². The number of sulfonamides is 1. The Morgan fingerprint density at radius 1 is 1.28 bits per heavy atom. The third kappa shape index (κ3) is 4.19. The van der Waals surface area contributed by atoms with Crippen LogP contribution in [-0.4, -0.2) is 50.2 Å². The lowest BCUT2D eigenvalue weighted by Gasteiger charge is -2.33. The monoisotopic (exact) mass is 277 g/mol. The van der Waals surface area contributed by atoms with Crippen LogP contribution in [-0.2, 0) is 10.0 Å². The van der Waals surface area contributed by atoms with Gasteiger partial charge in [0.2, 0.25) is 10.0 Å². The fourth-order valence-electron chi connectivity index (χ4n) is 2.32. The smallest absolute Gasteiger partial charge is 0.214 e. The summed E-state index contributed by atoms with van der Waals surface area (Å²) >= 11 is 0. The average molecular weight is 277 g/mol. The number of nitrogens with zero attached hydrogens (tertiary/aromatic N) is 1. The highest BCUT2D eigenvalue weighted by Crippen LogP contribution is 2.16. The molecular formula is C12H27N3O2S. The highest BCUT2D eigenvalue weighted by molar-refractivity contribution is 7.89. The highest BCUT2D eigenvalue weighted by Gasteiger charge is 2.30. The van der Waals surface area contributed by atoms with Crippen molar-refractivity contribution < 1.29 is 8.42 Å². The van der Waals surface area contributed by atoms with E-state index in [0.29, 0.717) is 31.3 Å². The molecule has 0 saturated carbocycles. The number of hydrogen-bond donors (Lipinski definition) is 2. The second-order valence-corrected chi connectivity index (χ2v) is 7.52. The molecular weight excluding hydrogens is 250 g/mol. The number of nitrogens with two attached hydrogens (primary N) is 1. The number of rotatable bonds is 6. The van der Waals surface area contributed by atoms with Crippen LogP contribution >= 0.6 is 0 Å². The maximum absolute atomic E-state index is 11.9. The molecule has 0 bridgehead atoms. The Morgan fingerprint density at radius 3 is 2.44 bits per heavy atom. The minimum atomic E-state index is -3.04. The van der Waals surface area contributed by atoms with E-state index in [1.165, 1.54) is 0 Å². The second kappa shape index (κ2) is 6.84. The van der Waals surface area contributed by atoms with Crippen LogP contribution in [0.3, 0.4) is 0 Å². The van der Waals surface area contributed by atoms with Crippen molar-refractivity contribution in [1.29, 1.82) is 0 Å². The molecule has 5 nitrogen and oxygen atoms in total. The molecule has 0 amide bonds. The lowest BCUT2D eigenvalue weighted by molar-refractivity contribution is 0.288. The normalized spacial score (nSPS) is 24.1. The Kier molecular flexibility index (Phi) is 6.04. The van der Waals surface area contributed by atoms with E-state index in [1.807, 2.05) is 6.92 Å². The molecule has 0 aromatic carbocycles. The van der Waals surface area contributed by atoms with Crippen molar-refractivity contribution in [2.45, 2.75) is 45.7 Å². The van der Waals surface area contributed by atoms with E-state index in [1.54, 1.807) is 4.31 Å². The van der Waals surface area contributed by atoms with Gasteiger partial charge in [-0.3, -0.25) is 0 Å². The highest BCUT2D eigenvalue weighted by atomic mass is 32.2. The van der Waals surface area contributed by atoms with Crippen LogP contribution < -0.4 is 11.1 Å². The Labute approximate surface area is 111 Å². The molecule has 3 N–H and O–H groups in total. The van der Waals surface area contributed by atoms with Crippen LogP contribution in [0, 0.1) is 5.92 Å². The molecule has 1 aliphatic heterocycles. The Morgan fingerprint density at radius 2 is 1.94 bits per heavy atom. The zero-order chi connectivity index (χ0) is 13.8. The quantitative estimate of drug-likeness (QED) is 0.736. The van der Waals surface area contributed by atoms with Gasteiger partial charge < -0.3 is 11.1 Å². The van der Waals surface area contributed by atoms with Gasteiger partial charge in [0, 0.05) is 31.7 Å². The Balaban J connectivity index is 2.51. The fraction of sp³-hybridized carbons (Fsp3) is 1.00. The molecule has 0 spiro atoms. The van der Waals surface area contributed by atoms with Gasteiger partial charge in [-0.05, 0) is 25.7 Å². The van der Waals surface area contributed by atoms with Crippen LogP contribution in [0.1, 0.15) is 33.6 Å². The summed E-state index contributed by atoms with van der Waals surface area (Å²) in [6, 6.07) is 0.253. The predicted octanol–water partition coefficient (Wildman–Crippen LogP) is 0.373.